The Morgan fingerprint density at radius 1 is 1.07 bits per heavy atom. The van der Waals surface area contributed by atoms with Crippen LogP contribution >= 0.6 is 11.6 Å². The van der Waals surface area contributed by atoms with E-state index in [2.05, 4.69) is 15.5 Å². The molecule has 27 heavy (non-hydrogen) atoms. The minimum atomic E-state index is -0.545. The number of nitrogens with zero attached hydrogens (tertiary/aromatic N) is 2. The van der Waals surface area contributed by atoms with Crippen molar-refractivity contribution in [2.45, 2.75) is 12.8 Å². The number of anilines is 1. The van der Waals surface area contributed by atoms with Crippen molar-refractivity contribution < 1.29 is 18.7 Å². The van der Waals surface area contributed by atoms with Gasteiger partial charge in [0, 0.05) is 18.6 Å². The first-order valence-corrected chi connectivity index (χ1v) is 8.57. The van der Waals surface area contributed by atoms with E-state index in [9.17, 15) is 4.79 Å². The second-order valence-electron chi connectivity index (χ2n) is 5.63. The molecule has 3 rings (SSSR count). The van der Waals surface area contributed by atoms with Gasteiger partial charge in [0.25, 0.3) is 0 Å². The first kappa shape index (κ1) is 18.7. The fraction of sp³-hybridized carbons (Fsp3) is 0.211. The summed E-state index contributed by atoms with van der Waals surface area (Å²) in [4.78, 5) is 12.4. The smallest absolute Gasteiger partial charge is 0.313 e. The number of ether oxygens (including phenoxy) is 2. The van der Waals surface area contributed by atoms with Gasteiger partial charge in [-0.25, -0.2) is 0 Å². The lowest BCUT2D eigenvalue weighted by Gasteiger charge is -2.12. The molecule has 140 valence electrons. The van der Waals surface area contributed by atoms with E-state index >= 15 is 0 Å². The summed E-state index contributed by atoms with van der Waals surface area (Å²) in [6.07, 6.45) is 1.29. The largest absolute Gasteiger partial charge is 0.495 e. The van der Waals surface area contributed by atoms with E-state index in [1.54, 1.807) is 12.1 Å². The van der Waals surface area contributed by atoms with Crippen LogP contribution in [0.15, 0.2) is 46.9 Å². The average molecular weight is 388 g/mol. The third-order valence-corrected chi connectivity index (χ3v) is 4.15. The molecule has 0 spiro atoms. The molecule has 1 N–H and O–H groups in total. The maximum Gasteiger partial charge on any atom is 0.313 e. The lowest BCUT2D eigenvalue weighted by molar-refractivity contribution is 0.0988. The van der Waals surface area contributed by atoms with Gasteiger partial charge in [-0.3, -0.25) is 4.79 Å². The second kappa shape index (κ2) is 8.55. The van der Waals surface area contributed by atoms with Gasteiger partial charge in [-0.1, -0.05) is 41.9 Å². The third kappa shape index (κ3) is 4.57. The molecule has 0 radical (unpaired) electrons. The van der Waals surface area contributed by atoms with Gasteiger partial charge >= 0.3 is 11.8 Å². The van der Waals surface area contributed by atoms with Crippen LogP contribution in [0.1, 0.15) is 22.1 Å². The summed E-state index contributed by atoms with van der Waals surface area (Å²) in [5.41, 5.74) is 1.53. The van der Waals surface area contributed by atoms with Crippen LogP contribution in [-0.2, 0) is 12.8 Å². The Kier molecular flexibility index (Phi) is 5.93. The Bertz CT molecular complexity index is 928. The highest BCUT2D eigenvalue weighted by Gasteiger charge is 2.18. The quantitative estimate of drug-likeness (QED) is 0.664. The van der Waals surface area contributed by atoms with Gasteiger partial charge in [-0.05, 0) is 12.0 Å². The van der Waals surface area contributed by atoms with E-state index in [1.165, 1.54) is 14.2 Å². The molecular weight excluding hydrogens is 370 g/mol. The van der Waals surface area contributed by atoms with Crippen molar-refractivity contribution in [3.8, 4) is 11.5 Å². The number of aromatic nitrogens is 2. The fourth-order valence-electron chi connectivity index (χ4n) is 2.48. The van der Waals surface area contributed by atoms with E-state index in [0.717, 1.165) is 12.0 Å². The Balaban J connectivity index is 1.69. The van der Waals surface area contributed by atoms with Crippen molar-refractivity contribution in [1.82, 2.24) is 10.2 Å². The lowest BCUT2D eigenvalue weighted by Crippen LogP contribution is -2.13. The van der Waals surface area contributed by atoms with Crippen LogP contribution in [0, 0.1) is 0 Å². The number of amides is 1. The predicted octanol–water partition coefficient (Wildman–Crippen LogP) is 3.78. The van der Waals surface area contributed by atoms with Gasteiger partial charge in [0.1, 0.15) is 11.5 Å². The predicted molar refractivity (Wildman–Crippen MR) is 101 cm³/mol. The van der Waals surface area contributed by atoms with Crippen molar-refractivity contribution in [2.24, 2.45) is 0 Å². The van der Waals surface area contributed by atoms with E-state index in [-0.39, 0.29) is 5.89 Å². The van der Waals surface area contributed by atoms with Crippen LogP contribution in [0.25, 0.3) is 0 Å². The van der Waals surface area contributed by atoms with E-state index in [0.29, 0.717) is 34.5 Å². The Morgan fingerprint density at radius 3 is 2.52 bits per heavy atom. The molecule has 8 heteroatoms. The first-order chi connectivity index (χ1) is 13.1. The number of rotatable bonds is 7. The van der Waals surface area contributed by atoms with Crippen LogP contribution in [-0.4, -0.2) is 30.3 Å². The van der Waals surface area contributed by atoms with Crippen molar-refractivity contribution in [3.05, 3.63) is 64.8 Å². The monoisotopic (exact) mass is 387 g/mol. The zero-order chi connectivity index (χ0) is 19.2. The number of halogens is 1. The van der Waals surface area contributed by atoms with E-state index in [1.807, 2.05) is 30.3 Å². The third-order valence-electron chi connectivity index (χ3n) is 3.85. The molecule has 1 aromatic heterocycles. The number of hydrogen-bond donors (Lipinski definition) is 1. The van der Waals surface area contributed by atoms with Gasteiger partial charge < -0.3 is 19.2 Å². The molecule has 0 atom stereocenters. The molecule has 0 fully saturated rings. The molecule has 1 amide bonds. The normalized spacial score (nSPS) is 10.5. The fourth-order valence-corrected chi connectivity index (χ4v) is 2.71. The van der Waals surface area contributed by atoms with Gasteiger partial charge in [0.05, 0.1) is 24.9 Å². The van der Waals surface area contributed by atoms with Crippen LogP contribution in [0.4, 0.5) is 5.69 Å². The molecule has 2 aromatic carbocycles. The molecule has 3 aromatic rings. The highest BCUT2D eigenvalue weighted by molar-refractivity contribution is 6.32. The van der Waals surface area contributed by atoms with Crippen molar-refractivity contribution in [1.29, 1.82) is 0 Å². The summed E-state index contributed by atoms with van der Waals surface area (Å²) < 4.78 is 15.9. The highest BCUT2D eigenvalue weighted by atomic mass is 35.5. The molecule has 0 aliphatic carbocycles. The SMILES string of the molecule is COc1cc(NC(=O)c2nnc(CCc3ccccc3)o2)c(OC)cc1Cl. The number of hydrogen-bond acceptors (Lipinski definition) is 6. The number of methoxy groups -OCH3 is 2. The molecule has 1 heterocycles. The minimum absolute atomic E-state index is 0.131. The standard InChI is InChI=1S/C19H18ClN3O4/c1-25-15-11-14(16(26-2)10-13(15)20)21-18(24)19-23-22-17(27-19)9-8-12-6-4-3-5-7-12/h3-7,10-11H,8-9H2,1-2H3,(H,21,24). The molecule has 7 nitrogen and oxygen atoms in total. The van der Waals surface area contributed by atoms with Gasteiger partial charge in [-0.15, -0.1) is 10.2 Å². The molecule has 0 unspecified atom stereocenters. The van der Waals surface area contributed by atoms with Crippen LogP contribution in [0.5, 0.6) is 11.5 Å². The number of carbonyl (C=O) groups is 1. The number of aryl methyl sites for hydroxylation is 2. The summed E-state index contributed by atoms with van der Waals surface area (Å²) in [5, 5.41) is 10.8. The first-order valence-electron chi connectivity index (χ1n) is 8.20. The lowest BCUT2D eigenvalue weighted by atomic mass is 10.1. The van der Waals surface area contributed by atoms with E-state index in [4.69, 9.17) is 25.5 Å². The second-order valence-corrected chi connectivity index (χ2v) is 6.03. The molecule has 0 saturated carbocycles. The molecule has 0 saturated heterocycles. The van der Waals surface area contributed by atoms with Crippen LogP contribution in [0.3, 0.4) is 0 Å². The number of benzene rings is 2. The van der Waals surface area contributed by atoms with Crippen molar-refractivity contribution in [3.63, 3.8) is 0 Å². The highest BCUT2D eigenvalue weighted by Crippen LogP contribution is 2.36. The van der Waals surface area contributed by atoms with Crippen LogP contribution < -0.4 is 14.8 Å². The van der Waals surface area contributed by atoms with Gasteiger partial charge in [0.2, 0.25) is 5.89 Å². The molecule has 0 bridgehead atoms. The zero-order valence-electron chi connectivity index (χ0n) is 14.9. The van der Waals surface area contributed by atoms with Crippen LogP contribution in [0.2, 0.25) is 5.02 Å². The zero-order valence-corrected chi connectivity index (χ0v) is 15.6. The maximum atomic E-state index is 12.4. The summed E-state index contributed by atoms with van der Waals surface area (Å²) in [6.45, 7) is 0. The van der Waals surface area contributed by atoms with Crippen molar-refractivity contribution in [2.75, 3.05) is 19.5 Å². The number of carbonyl (C=O) groups excluding carboxylic acids is 1. The van der Waals surface area contributed by atoms with Crippen molar-refractivity contribution >= 4 is 23.2 Å². The van der Waals surface area contributed by atoms with Gasteiger partial charge in [0.15, 0.2) is 0 Å². The van der Waals surface area contributed by atoms with E-state index < -0.39 is 5.91 Å². The molecular formula is C19H18ClN3O4. The summed E-state index contributed by atoms with van der Waals surface area (Å²) in [7, 11) is 2.96. The number of nitrogens with one attached hydrogen (secondary N) is 1. The average Bonchev–Trinajstić information content (AvgIpc) is 3.17. The Morgan fingerprint density at radius 2 is 1.81 bits per heavy atom. The maximum absolute atomic E-state index is 12.4. The summed E-state index contributed by atoms with van der Waals surface area (Å²) in [5.74, 6) is 0.509. The summed E-state index contributed by atoms with van der Waals surface area (Å²) in [6, 6.07) is 13.0. The topological polar surface area (TPSA) is 86.5 Å². The summed E-state index contributed by atoms with van der Waals surface area (Å²) >= 11 is 6.06. The molecule has 0 aliphatic heterocycles. The minimum Gasteiger partial charge on any atom is -0.495 e. The Hall–Kier alpha value is -3.06. The Labute approximate surface area is 161 Å². The van der Waals surface area contributed by atoms with Gasteiger partial charge in [-0.2, -0.15) is 0 Å². The molecule has 0 aliphatic rings.